The van der Waals surface area contributed by atoms with Crippen LogP contribution in [0.4, 0.5) is 0 Å². The van der Waals surface area contributed by atoms with Gasteiger partial charge in [-0.2, -0.15) is 0 Å². The molecule has 0 amide bonds. The summed E-state index contributed by atoms with van der Waals surface area (Å²) in [6, 6.07) is -0.911. The van der Waals surface area contributed by atoms with E-state index in [-0.39, 0.29) is 85.1 Å². The van der Waals surface area contributed by atoms with Crippen molar-refractivity contribution in [1.82, 2.24) is 14.7 Å². The number of hydrogen-bond acceptors (Lipinski definition) is 10. The molecular weight excluding hydrogens is 482 g/mol. The van der Waals surface area contributed by atoms with Crippen molar-refractivity contribution in [3.63, 3.8) is 0 Å². The van der Waals surface area contributed by atoms with Crippen LogP contribution in [-0.4, -0.2) is 157 Å². The summed E-state index contributed by atoms with van der Waals surface area (Å²) >= 11 is 0. The number of ether oxygens (including phenoxy) is 3. The summed E-state index contributed by atoms with van der Waals surface area (Å²) in [5, 5.41) is 36.9. The van der Waals surface area contributed by atoms with Crippen LogP contribution < -0.4 is 0 Å². The number of hydrogen-bond donors (Lipinski definition) is 4. The first-order chi connectivity index (χ1) is 17.2. The topological polar surface area (TPSA) is 187 Å². The van der Waals surface area contributed by atoms with Crippen molar-refractivity contribution in [3.8, 4) is 0 Å². The molecule has 0 aliphatic carbocycles. The molecule has 1 aliphatic heterocycles. The van der Waals surface area contributed by atoms with E-state index in [1.807, 2.05) is 0 Å². The Kier molecular flexibility index (Phi) is 16.6. The average Bonchev–Trinajstić information content (AvgIpc) is 2.78. The van der Waals surface area contributed by atoms with Crippen LogP contribution in [0.2, 0.25) is 0 Å². The van der Waals surface area contributed by atoms with Crippen LogP contribution in [0, 0.1) is 0 Å². The second-order valence-corrected chi connectivity index (χ2v) is 8.35. The van der Waals surface area contributed by atoms with E-state index in [0.717, 1.165) is 0 Å². The van der Waals surface area contributed by atoms with E-state index >= 15 is 0 Å². The molecule has 1 rings (SSSR count). The van der Waals surface area contributed by atoms with Crippen molar-refractivity contribution in [2.75, 3.05) is 92.0 Å². The van der Waals surface area contributed by atoms with Gasteiger partial charge in [-0.1, -0.05) is 0 Å². The number of carboxylic acids is 4. The lowest BCUT2D eigenvalue weighted by molar-refractivity contribution is -0.145. The minimum Gasteiger partial charge on any atom is -0.481 e. The van der Waals surface area contributed by atoms with Gasteiger partial charge in [-0.15, -0.1) is 0 Å². The van der Waals surface area contributed by atoms with Crippen LogP contribution in [0.1, 0.15) is 19.3 Å². The molecule has 1 aliphatic rings. The van der Waals surface area contributed by atoms with Gasteiger partial charge in [0, 0.05) is 45.7 Å². The molecule has 4 N–H and O–H groups in total. The summed E-state index contributed by atoms with van der Waals surface area (Å²) < 4.78 is 16.8. The maximum Gasteiger partial charge on any atom is 0.320 e. The molecule has 1 atom stereocenters. The third kappa shape index (κ3) is 15.6. The van der Waals surface area contributed by atoms with Crippen molar-refractivity contribution in [1.29, 1.82) is 0 Å². The van der Waals surface area contributed by atoms with Gasteiger partial charge in [0.25, 0.3) is 0 Å². The first-order valence-corrected chi connectivity index (χ1v) is 12.0. The number of carbonyl (C=O) groups is 4. The van der Waals surface area contributed by atoms with Gasteiger partial charge in [0.1, 0.15) is 6.04 Å². The Morgan fingerprint density at radius 2 is 1.00 bits per heavy atom. The molecule has 0 aromatic rings. The zero-order chi connectivity index (χ0) is 26.8. The Labute approximate surface area is 210 Å². The first-order valence-electron chi connectivity index (χ1n) is 12.0. The van der Waals surface area contributed by atoms with Gasteiger partial charge in [-0.25, -0.2) is 0 Å². The van der Waals surface area contributed by atoms with Crippen molar-refractivity contribution >= 4 is 23.9 Å². The molecule has 208 valence electrons. The zero-order valence-electron chi connectivity index (χ0n) is 20.6. The van der Waals surface area contributed by atoms with Crippen molar-refractivity contribution in [2.24, 2.45) is 0 Å². The van der Waals surface area contributed by atoms with Crippen LogP contribution in [-0.2, 0) is 33.4 Å². The standard InChI is InChI=1S/C22H39N3O11/c26-19(27)3-1-2-18(22(32)33)25-8-14-35-12-6-23(16-20(28)29)4-10-34-11-5-24(17-21(30)31)7-13-36-15-9-25/h18H,1-17H2,(H,26,27)(H,28,29)(H,30,31)(H,32,33). The molecule has 0 aromatic carbocycles. The monoisotopic (exact) mass is 521 g/mol. The van der Waals surface area contributed by atoms with Gasteiger partial charge in [0.2, 0.25) is 0 Å². The van der Waals surface area contributed by atoms with E-state index < -0.39 is 29.9 Å². The summed E-state index contributed by atoms with van der Waals surface area (Å²) in [4.78, 5) is 50.0. The number of rotatable bonds is 10. The summed E-state index contributed by atoms with van der Waals surface area (Å²) in [6.07, 6.45) is 0.231. The second-order valence-electron chi connectivity index (χ2n) is 8.35. The highest BCUT2D eigenvalue weighted by molar-refractivity contribution is 5.73. The minimum atomic E-state index is -1.07. The Morgan fingerprint density at radius 1 is 0.611 bits per heavy atom. The SMILES string of the molecule is O=C(O)CCCC(C(=O)O)N1CCOCCN(CC(=O)O)CCOCCN(CC(=O)O)CCOCC1. The molecule has 36 heavy (non-hydrogen) atoms. The summed E-state index contributed by atoms with van der Waals surface area (Å²) in [6.45, 7) is 2.96. The molecule has 14 nitrogen and oxygen atoms in total. The Balaban J connectivity index is 2.82. The maximum absolute atomic E-state index is 11.9. The van der Waals surface area contributed by atoms with Gasteiger partial charge >= 0.3 is 23.9 Å². The zero-order valence-corrected chi connectivity index (χ0v) is 20.6. The second kappa shape index (κ2) is 18.8. The smallest absolute Gasteiger partial charge is 0.320 e. The lowest BCUT2D eigenvalue weighted by Gasteiger charge is -2.29. The molecule has 0 spiro atoms. The Bertz CT molecular complexity index is 644. The van der Waals surface area contributed by atoms with E-state index in [1.54, 1.807) is 14.7 Å². The third-order valence-corrected chi connectivity index (χ3v) is 5.56. The molecule has 14 heteroatoms. The quantitative estimate of drug-likeness (QED) is 0.269. The fourth-order valence-electron chi connectivity index (χ4n) is 3.70. The summed E-state index contributed by atoms with van der Waals surface area (Å²) in [5.41, 5.74) is 0. The molecule has 0 bridgehead atoms. The summed E-state index contributed by atoms with van der Waals surface area (Å²) in [5.74, 6) is -4.03. The lowest BCUT2D eigenvalue weighted by Crippen LogP contribution is -2.45. The Hall–Kier alpha value is -2.36. The van der Waals surface area contributed by atoms with Gasteiger partial charge in [-0.3, -0.25) is 33.9 Å². The maximum atomic E-state index is 11.9. The highest BCUT2D eigenvalue weighted by Gasteiger charge is 2.25. The van der Waals surface area contributed by atoms with Gasteiger partial charge in [0.15, 0.2) is 0 Å². The minimum absolute atomic E-state index is 0.132. The van der Waals surface area contributed by atoms with E-state index in [1.165, 1.54) is 0 Å². The molecular formula is C22H39N3O11. The van der Waals surface area contributed by atoms with Gasteiger partial charge in [0.05, 0.1) is 52.7 Å². The number of aliphatic carboxylic acids is 4. The molecule has 1 heterocycles. The molecule has 1 fully saturated rings. The highest BCUT2D eigenvalue weighted by atomic mass is 16.5. The average molecular weight is 522 g/mol. The largest absolute Gasteiger partial charge is 0.481 e. The van der Waals surface area contributed by atoms with Crippen LogP contribution in [0.15, 0.2) is 0 Å². The number of nitrogens with zero attached hydrogens (tertiary/aromatic N) is 3. The van der Waals surface area contributed by atoms with Crippen LogP contribution in [0.5, 0.6) is 0 Å². The van der Waals surface area contributed by atoms with Gasteiger partial charge < -0.3 is 34.6 Å². The summed E-state index contributed by atoms with van der Waals surface area (Å²) in [7, 11) is 0. The van der Waals surface area contributed by atoms with E-state index in [9.17, 15) is 24.3 Å². The molecule has 0 radical (unpaired) electrons. The number of carboxylic acid groups (broad SMARTS) is 4. The fourth-order valence-corrected chi connectivity index (χ4v) is 3.70. The van der Waals surface area contributed by atoms with Crippen molar-refractivity contribution in [3.05, 3.63) is 0 Å². The predicted molar refractivity (Wildman–Crippen MR) is 125 cm³/mol. The third-order valence-electron chi connectivity index (χ3n) is 5.56. The molecule has 0 saturated carbocycles. The molecule has 0 aromatic heterocycles. The van der Waals surface area contributed by atoms with E-state index in [0.29, 0.717) is 26.2 Å². The van der Waals surface area contributed by atoms with E-state index in [2.05, 4.69) is 0 Å². The molecule has 1 saturated heterocycles. The lowest BCUT2D eigenvalue weighted by atomic mass is 10.1. The van der Waals surface area contributed by atoms with Crippen molar-refractivity contribution in [2.45, 2.75) is 25.3 Å². The van der Waals surface area contributed by atoms with E-state index in [4.69, 9.17) is 29.5 Å². The predicted octanol–water partition coefficient (Wildman–Crippen LogP) is -1.17. The van der Waals surface area contributed by atoms with Crippen molar-refractivity contribution < 1.29 is 53.8 Å². The fraction of sp³-hybridized carbons (Fsp3) is 0.818. The first kappa shape index (κ1) is 31.7. The Morgan fingerprint density at radius 3 is 1.33 bits per heavy atom. The van der Waals surface area contributed by atoms with Gasteiger partial charge in [-0.05, 0) is 12.8 Å². The molecule has 1 unspecified atom stereocenters. The highest BCUT2D eigenvalue weighted by Crippen LogP contribution is 2.10. The normalized spacial score (nSPS) is 20.1. The van der Waals surface area contributed by atoms with Crippen LogP contribution in [0.3, 0.4) is 0 Å². The van der Waals surface area contributed by atoms with Crippen LogP contribution in [0.25, 0.3) is 0 Å². The van der Waals surface area contributed by atoms with Crippen LogP contribution >= 0.6 is 0 Å².